The Labute approximate surface area is 162 Å². The van der Waals surface area contributed by atoms with Gasteiger partial charge >= 0.3 is 6.03 Å². The molecule has 3 amide bonds. The standard InChI is InChI=1S/C12H10N2.C7H13BrN2O2/c1-3-7-11(8-4-1)13-14-12-9-5-2-6-10-12;1-3-7(8,4-2)5(11)10-6(9)12/h1-10H;3-4H2,1-2H3,(H3,9,10,11,12)/b14-13+;. The Bertz CT molecular complexity index is 675. The number of hydrogen-bond acceptors (Lipinski definition) is 4. The summed E-state index contributed by atoms with van der Waals surface area (Å²) in [5.74, 6) is -0.375. The van der Waals surface area contributed by atoms with E-state index < -0.39 is 10.4 Å². The number of carbonyl (C=O) groups is 2. The smallest absolute Gasteiger partial charge is 0.318 e. The van der Waals surface area contributed by atoms with Crippen LogP contribution in [-0.4, -0.2) is 16.3 Å². The SMILES string of the molecule is CCC(Br)(CC)C(=O)NC(N)=O.c1ccc(/N=N/c2ccccc2)cc1. The summed E-state index contributed by atoms with van der Waals surface area (Å²) >= 11 is 3.26. The molecule has 138 valence electrons. The van der Waals surface area contributed by atoms with Crippen LogP contribution < -0.4 is 11.1 Å². The van der Waals surface area contributed by atoms with Crippen LogP contribution in [0.25, 0.3) is 0 Å². The van der Waals surface area contributed by atoms with Crippen LogP contribution in [0.3, 0.4) is 0 Å². The van der Waals surface area contributed by atoms with Crippen molar-refractivity contribution in [3.63, 3.8) is 0 Å². The molecule has 0 radical (unpaired) electrons. The van der Waals surface area contributed by atoms with Crippen molar-refractivity contribution in [2.24, 2.45) is 16.0 Å². The predicted octanol–water partition coefficient (Wildman–Crippen LogP) is 5.24. The van der Waals surface area contributed by atoms with Crippen LogP contribution in [0.2, 0.25) is 0 Å². The quantitative estimate of drug-likeness (QED) is 0.512. The number of nitrogens with two attached hydrogens (primary N) is 1. The molecule has 0 atom stereocenters. The second-order valence-corrected chi connectivity index (χ2v) is 6.88. The lowest BCUT2D eigenvalue weighted by atomic mass is 10.0. The number of alkyl halides is 1. The summed E-state index contributed by atoms with van der Waals surface area (Å²) in [7, 11) is 0. The van der Waals surface area contributed by atoms with Gasteiger partial charge in [0.2, 0.25) is 5.91 Å². The number of hydrogen-bond donors (Lipinski definition) is 2. The Kier molecular flexibility index (Phi) is 9.22. The summed E-state index contributed by atoms with van der Waals surface area (Å²) in [6.07, 6.45) is 1.23. The van der Waals surface area contributed by atoms with Gasteiger partial charge in [0.25, 0.3) is 0 Å². The van der Waals surface area contributed by atoms with Gasteiger partial charge in [-0.1, -0.05) is 66.2 Å². The van der Waals surface area contributed by atoms with E-state index in [4.69, 9.17) is 5.73 Å². The second kappa shape index (κ2) is 11.1. The Hall–Kier alpha value is -2.54. The van der Waals surface area contributed by atoms with Crippen LogP contribution in [-0.2, 0) is 4.79 Å². The van der Waals surface area contributed by atoms with Gasteiger partial charge in [-0.2, -0.15) is 10.2 Å². The third-order valence-electron chi connectivity index (χ3n) is 3.56. The molecule has 7 heteroatoms. The van der Waals surface area contributed by atoms with Crippen molar-refractivity contribution in [1.82, 2.24) is 5.32 Å². The zero-order chi connectivity index (χ0) is 19.4. The van der Waals surface area contributed by atoms with Crippen molar-refractivity contribution in [2.75, 3.05) is 0 Å². The van der Waals surface area contributed by atoms with Crippen molar-refractivity contribution in [3.8, 4) is 0 Å². The molecule has 0 unspecified atom stereocenters. The minimum absolute atomic E-state index is 0.375. The molecule has 26 heavy (non-hydrogen) atoms. The molecule has 3 N–H and O–H groups in total. The average molecular weight is 419 g/mol. The van der Waals surface area contributed by atoms with Gasteiger partial charge in [0.05, 0.1) is 11.4 Å². The fourth-order valence-corrected chi connectivity index (χ4v) is 2.00. The van der Waals surface area contributed by atoms with Crippen LogP contribution in [0.15, 0.2) is 70.9 Å². The number of urea groups is 1. The highest BCUT2D eigenvalue weighted by molar-refractivity contribution is 9.10. The number of benzene rings is 2. The van der Waals surface area contributed by atoms with E-state index in [2.05, 4.69) is 26.2 Å². The van der Waals surface area contributed by atoms with Crippen LogP contribution in [0.5, 0.6) is 0 Å². The molecule has 0 aromatic heterocycles. The van der Waals surface area contributed by atoms with Gasteiger partial charge in [0.15, 0.2) is 0 Å². The number of carbonyl (C=O) groups excluding carboxylic acids is 2. The number of imide groups is 1. The molecule has 6 nitrogen and oxygen atoms in total. The maximum atomic E-state index is 11.3. The third-order valence-corrected chi connectivity index (χ3v) is 5.04. The molecule has 0 saturated heterocycles. The Morgan fingerprint density at radius 3 is 1.62 bits per heavy atom. The van der Waals surface area contributed by atoms with Crippen molar-refractivity contribution in [3.05, 3.63) is 60.7 Å². The first kappa shape index (κ1) is 21.5. The van der Waals surface area contributed by atoms with Gasteiger partial charge < -0.3 is 5.73 Å². The predicted molar refractivity (Wildman–Crippen MR) is 107 cm³/mol. The lowest BCUT2D eigenvalue weighted by Gasteiger charge is -2.21. The Morgan fingerprint density at radius 2 is 1.31 bits per heavy atom. The van der Waals surface area contributed by atoms with Gasteiger partial charge in [-0.15, -0.1) is 0 Å². The van der Waals surface area contributed by atoms with Gasteiger partial charge in [0.1, 0.15) is 4.32 Å². The Balaban J connectivity index is 0.000000265. The molecule has 0 bridgehead atoms. The lowest BCUT2D eigenvalue weighted by Crippen LogP contribution is -2.46. The number of primary amides is 1. The van der Waals surface area contributed by atoms with Crippen LogP contribution in [0.4, 0.5) is 16.2 Å². The van der Waals surface area contributed by atoms with Gasteiger partial charge in [-0.3, -0.25) is 10.1 Å². The molecule has 0 fully saturated rings. The number of nitrogens with zero attached hydrogens (tertiary/aromatic N) is 2. The fraction of sp³-hybridized carbons (Fsp3) is 0.263. The first-order valence-corrected chi connectivity index (χ1v) is 9.02. The molecule has 0 aliphatic heterocycles. The summed E-state index contributed by atoms with van der Waals surface area (Å²) in [4.78, 5) is 21.6. The van der Waals surface area contributed by atoms with Crippen LogP contribution in [0, 0.1) is 0 Å². The Morgan fingerprint density at radius 1 is 0.923 bits per heavy atom. The monoisotopic (exact) mass is 418 g/mol. The van der Waals surface area contributed by atoms with E-state index in [0.717, 1.165) is 11.4 Å². The van der Waals surface area contributed by atoms with E-state index in [0.29, 0.717) is 12.8 Å². The summed E-state index contributed by atoms with van der Waals surface area (Å²) in [6, 6.07) is 18.6. The second-order valence-electron chi connectivity index (χ2n) is 5.36. The van der Waals surface area contributed by atoms with E-state index in [1.54, 1.807) is 0 Å². The maximum Gasteiger partial charge on any atom is 0.318 e. The molecular weight excluding hydrogens is 396 g/mol. The summed E-state index contributed by atoms with van der Waals surface area (Å²) < 4.78 is -0.665. The third kappa shape index (κ3) is 7.57. The lowest BCUT2D eigenvalue weighted by molar-refractivity contribution is -0.122. The van der Waals surface area contributed by atoms with Crippen LogP contribution >= 0.6 is 15.9 Å². The number of halogens is 1. The molecule has 2 aromatic carbocycles. The number of azo groups is 1. The largest absolute Gasteiger partial charge is 0.351 e. The zero-order valence-electron chi connectivity index (χ0n) is 14.9. The van der Waals surface area contributed by atoms with Gasteiger partial charge in [0, 0.05) is 0 Å². The van der Waals surface area contributed by atoms with E-state index in [9.17, 15) is 9.59 Å². The zero-order valence-corrected chi connectivity index (χ0v) is 16.4. The van der Waals surface area contributed by atoms with Gasteiger partial charge in [-0.25, -0.2) is 4.79 Å². The first-order valence-electron chi connectivity index (χ1n) is 8.23. The first-order chi connectivity index (χ1) is 12.4. The van der Waals surface area contributed by atoms with E-state index in [1.165, 1.54) is 0 Å². The topological polar surface area (TPSA) is 96.9 Å². The summed E-state index contributed by atoms with van der Waals surface area (Å²) in [6.45, 7) is 3.72. The molecular formula is C19H23BrN4O2. The molecule has 0 aliphatic rings. The molecule has 0 spiro atoms. The highest BCUT2D eigenvalue weighted by atomic mass is 79.9. The fourth-order valence-electron chi connectivity index (χ4n) is 1.90. The normalized spacial score (nSPS) is 10.7. The maximum absolute atomic E-state index is 11.3. The highest BCUT2D eigenvalue weighted by Gasteiger charge is 2.32. The minimum Gasteiger partial charge on any atom is -0.351 e. The summed E-state index contributed by atoms with van der Waals surface area (Å²) in [5, 5.41) is 10.2. The molecule has 2 aromatic rings. The van der Waals surface area contributed by atoms with E-state index in [1.807, 2.05) is 79.8 Å². The van der Waals surface area contributed by atoms with Crippen molar-refractivity contribution in [1.29, 1.82) is 0 Å². The number of nitrogens with one attached hydrogen (secondary N) is 1. The van der Waals surface area contributed by atoms with Crippen molar-refractivity contribution < 1.29 is 9.59 Å². The van der Waals surface area contributed by atoms with E-state index in [-0.39, 0.29) is 5.91 Å². The highest BCUT2D eigenvalue weighted by Crippen LogP contribution is 2.26. The van der Waals surface area contributed by atoms with Gasteiger partial charge in [-0.05, 0) is 37.1 Å². The molecule has 0 saturated carbocycles. The van der Waals surface area contributed by atoms with Crippen LogP contribution in [0.1, 0.15) is 26.7 Å². The summed E-state index contributed by atoms with van der Waals surface area (Å²) in [5.41, 5.74) is 6.55. The van der Waals surface area contributed by atoms with Crippen molar-refractivity contribution in [2.45, 2.75) is 31.0 Å². The minimum atomic E-state index is -0.814. The molecule has 0 heterocycles. The van der Waals surface area contributed by atoms with Crippen molar-refractivity contribution >= 4 is 39.2 Å². The molecule has 2 rings (SSSR count). The average Bonchev–Trinajstić information content (AvgIpc) is 2.67. The van der Waals surface area contributed by atoms with E-state index >= 15 is 0 Å². The molecule has 0 aliphatic carbocycles. The number of rotatable bonds is 5. The number of amides is 3.